The van der Waals surface area contributed by atoms with Gasteiger partial charge < -0.3 is 9.47 Å². The topological polar surface area (TPSA) is 46.8 Å². The molecule has 0 N–H and O–H groups in total. The monoisotopic (exact) mass is 379 g/mol. The summed E-state index contributed by atoms with van der Waals surface area (Å²) in [7, 11) is 1.82. The van der Waals surface area contributed by atoms with E-state index in [0.717, 1.165) is 16.8 Å². The summed E-state index contributed by atoms with van der Waals surface area (Å²) in [5.41, 5.74) is 1.67. The van der Waals surface area contributed by atoms with Crippen LogP contribution >= 0.6 is 0 Å². The normalized spacial score (nSPS) is 11.3. The van der Waals surface area contributed by atoms with E-state index in [1.54, 1.807) is 18.3 Å². The fourth-order valence-electron chi connectivity index (χ4n) is 3.17. The van der Waals surface area contributed by atoms with Crippen molar-refractivity contribution < 1.29 is 8.78 Å². The van der Waals surface area contributed by atoms with Gasteiger partial charge in [-0.1, -0.05) is 42.5 Å². The van der Waals surface area contributed by atoms with Gasteiger partial charge in [0.2, 0.25) is 0 Å². The third kappa shape index (κ3) is 3.69. The Bertz CT molecular complexity index is 1080. The summed E-state index contributed by atoms with van der Waals surface area (Å²) in [6.07, 6.45) is 0.935. The summed E-state index contributed by atoms with van der Waals surface area (Å²) < 4.78 is 28.6. The molecule has 0 spiro atoms. The second-order valence-corrected chi connectivity index (χ2v) is 6.54. The SMILES string of the molecule is CN(Cc1nccn1Cc1ccccc1)c1nc(C(F)F)nc2ccccc12. The molecule has 0 aliphatic rings. The molecule has 0 saturated heterocycles. The largest absolute Gasteiger partial charge is 0.352 e. The fourth-order valence-corrected chi connectivity index (χ4v) is 3.17. The van der Waals surface area contributed by atoms with E-state index in [1.165, 1.54) is 0 Å². The Morgan fingerprint density at radius 3 is 2.54 bits per heavy atom. The number of anilines is 1. The summed E-state index contributed by atoms with van der Waals surface area (Å²) in [4.78, 5) is 14.4. The first-order chi connectivity index (χ1) is 13.6. The lowest BCUT2D eigenvalue weighted by Crippen LogP contribution is -2.22. The molecule has 2 heterocycles. The van der Waals surface area contributed by atoms with Crippen molar-refractivity contribution in [3.63, 3.8) is 0 Å². The number of aromatic nitrogens is 4. The second kappa shape index (κ2) is 7.72. The highest BCUT2D eigenvalue weighted by molar-refractivity contribution is 5.89. The van der Waals surface area contributed by atoms with Crippen molar-refractivity contribution >= 4 is 16.7 Å². The number of halogens is 2. The van der Waals surface area contributed by atoms with Crippen LogP contribution in [0.4, 0.5) is 14.6 Å². The van der Waals surface area contributed by atoms with Crippen LogP contribution in [0.15, 0.2) is 67.0 Å². The summed E-state index contributed by atoms with van der Waals surface area (Å²) in [6, 6.07) is 17.3. The number of hydrogen-bond acceptors (Lipinski definition) is 4. The van der Waals surface area contributed by atoms with E-state index >= 15 is 0 Å². The summed E-state index contributed by atoms with van der Waals surface area (Å²) >= 11 is 0. The van der Waals surface area contributed by atoms with Crippen molar-refractivity contribution in [2.75, 3.05) is 11.9 Å². The van der Waals surface area contributed by atoms with Gasteiger partial charge in [0.15, 0.2) is 5.82 Å². The van der Waals surface area contributed by atoms with Crippen LogP contribution in [0, 0.1) is 0 Å². The van der Waals surface area contributed by atoms with Crippen LogP contribution in [-0.4, -0.2) is 26.6 Å². The number of alkyl halides is 2. The lowest BCUT2D eigenvalue weighted by Gasteiger charge is -2.21. The molecule has 142 valence electrons. The Hall–Kier alpha value is -3.35. The fraction of sp³-hybridized carbons (Fsp3) is 0.190. The molecule has 28 heavy (non-hydrogen) atoms. The van der Waals surface area contributed by atoms with Gasteiger partial charge in [-0.15, -0.1) is 0 Å². The van der Waals surface area contributed by atoms with Crippen molar-refractivity contribution in [1.29, 1.82) is 0 Å². The second-order valence-electron chi connectivity index (χ2n) is 6.54. The molecule has 0 bridgehead atoms. The van der Waals surface area contributed by atoms with E-state index in [9.17, 15) is 8.78 Å². The molecule has 0 unspecified atom stereocenters. The van der Waals surface area contributed by atoms with Crippen molar-refractivity contribution in [3.8, 4) is 0 Å². The number of hydrogen-bond donors (Lipinski definition) is 0. The summed E-state index contributed by atoms with van der Waals surface area (Å²) in [5, 5.41) is 0.732. The van der Waals surface area contributed by atoms with E-state index < -0.39 is 12.2 Å². The predicted molar refractivity (Wildman–Crippen MR) is 104 cm³/mol. The average Bonchev–Trinajstić information content (AvgIpc) is 3.14. The van der Waals surface area contributed by atoms with Crippen LogP contribution < -0.4 is 4.90 Å². The van der Waals surface area contributed by atoms with Crippen LogP contribution in [0.1, 0.15) is 23.6 Å². The molecule has 4 aromatic rings. The minimum Gasteiger partial charge on any atom is -0.352 e. The zero-order valence-corrected chi connectivity index (χ0v) is 15.3. The molecule has 0 aliphatic heterocycles. The van der Waals surface area contributed by atoms with E-state index in [0.29, 0.717) is 24.4 Å². The molecule has 0 atom stereocenters. The molecule has 5 nitrogen and oxygen atoms in total. The Balaban J connectivity index is 1.65. The van der Waals surface area contributed by atoms with Gasteiger partial charge in [0.1, 0.15) is 11.6 Å². The highest BCUT2D eigenvalue weighted by Crippen LogP contribution is 2.27. The zero-order valence-electron chi connectivity index (χ0n) is 15.3. The van der Waals surface area contributed by atoms with Crippen LogP contribution in [0.25, 0.3) is 10.9 Å². The first-order valence-electron chi connectivity index (χ1n) is 8.91. The average molecular weight is 379 g/mol. The van der Waals surface area contributed by atoms with Gasteiger partial charge in [-0.25, -0.2) is 23.7 Å². The number of rotatable bonds is 6. The molecule has 4 rings (SSSR count). The minimum atomic E-state index is -2.73. The van der Waals surface area contributed by atoms with Crippen LogP contribution in [0.2, 0.25) is 0 Å². The highest BCUT2D eigenvalue weighted by atomic mass is 19.3. The maximum Gasteiger partial charge on any atom is 0.297 e. The predicted octanol–water partition coefficient (Wildman–Crippen LogP) is 4.45. The van der Waals surface area contributed by atoms with Gasteiger partial charge in [0.25, 0.3) is 6.43 Å². The summed E-state index contributed by atoms with van der Waals surface area (Å²) in [6.45, 7) is 1.13. The lowest BCUT2D eigenvalue weighted by atomic mass is 10.2. The van der Waals surface area contributed by atoms with Crippen molar-refractivity contribution in [1.82, 2.24) is 19.5 Å². The highest BCUT2D eigenvalue weighted by Gasteiger charge is 2.18. The maximum absolute atomic E-state index is 13.3. The Labute approximate surface area is 161 Å². The van der Waals surface area contributed by atoms with Crippen LogP contribution in [-0.2, 0) is 13.1 Å². The van der Waals surface area contributed by atoms with Crippen molar-refractivity contribution in [3.05, 3.63) is 84.2 Å². The number of para-hydroxylation sites is 1. The minimum absolute atomic E-state index is 0.434. The van der Waals surface area contributed by atoms with Crippen LogP contribution in [0.5, 0.6) is 0 Å². The Morgan fingerprint density at radius 2 is 1.75 bits per heavy atom. The zero-order chi connectivity index (χ0) is 19.5. The molecule has 0 amide bonds. The van der Waals surface area contributed by atoms with E-state index in [2.05, 4.69) is 27.1 Å². The third-order valence-electron chi connectivity index (χ3n) is 4.53. The molecule has 0 radical (unpaired) electrons. The third-order valence-corrected chi connectivity index (χ3v) is 4.53. The van der Waals surface area contributed by atoms with Gasteiger partial charge in [0.05, 0.1) is 12.1 Å². The number of imidazole rings is 1. The Kier molecular flexibility index (Phi) is 4.97. The van der Waals surface area contributed by atoms with E-state index in [-0.39, 0.29) is 0 Å². The molecule has 7 heteroatoms. The van der Waals surface area contributed by atoms with Crippen LogP contribution in [0.3, 0.4) is 0 Å². The van der Waals surface area contributed by atoms with Gasteiger partial charge in [-0.2, -0.15) is 0 Å². The quantitative estimate of drug-likeness (QED) is 0.497. The van der Waals surface area contributed by atoms with Gasteiger partial charge >= 0.3 is 0 Å². The number of benzene rings is 2. The molecule has 0 aliphatic carbocycles. The lowest BCUT2D eigenvalue weighted by molar-refractivity contribution is 0.141. The van der Waals surface area contributed by atoms with Gasteiger partial charge in [-0.3, -0.25) is 0 Å². The first-order valence-corrected chi connectivity index (χ1v) is 8.91. The summed E-state index contributed by atoms with van der Waals surface area (Å²) in [5.74, 6) is 0.830. The van der Waals surface area contributed by atoms with Crippen molar-refractivity contribution in [2.24, 2.45) is 0 Å². The van der Waals surface area contributed by atoms with Gasteiger partial charge in [0, 0.05) is 31.4 Å². The smallest absolute Gasteiger partial charge is 0.297 e. The number of nitrogens with zero attached hydrogens (tertiary/aromatic N) is 5. The van der Waals surface area contributed by atoms with E-state index in [1.807, 2.05) is 53.0 Å². The molecular formula is C21H19F2N5. The maximum atomic E-state index is 13.3. The van der Waals surface area contributed by atoms with E-state index in [4.69, 9.17) is 0 Å². The molecular weight excluding hydrogens is 360 g/mol. The molecule has 2 aromatic heterocycles. The standard InChI is InChI=1S/C21H19F2N5/c1-27(14-18-24-11-12-28(18)13-15-7-3-2-4-8-15)21-16-9-5-6-10-17(16)25-20(26-21)19(22)23/h2-12,19H,13-14H2,1H3. The number of fused-ring (bicyclic) bond motifs is 1. The molecule has 2 aromatic carbocycles. The molecule has 0 fully saturated rings. The van der Waals surface area contributed by atoms with Gasteiger partial charge in [-0.05, 0) is 17.7 Å². The first kappa shape index (κ1) is 18.0. The van der Waals surface area contributed by atoms with Crippen molar-refractivity contribution in [2.45, 2.75) is 19.5 Å². The Morgan fingerprint density at radius 1 is 1.00 bits per heavy atom. The molecule has 0 saturated carbocycles.